The number of ether oxygens (including phenoxy) is 1. The lowest BCUT2D eigenvalue weighted by Gasteiger charge is -2.09. The lowest BCUT2D eigenvalue weighted by atomic mass is 10.1. The van der Waals surface area contributed by atoms with Gasteiger partial charge in [0.2, 0.25) is 0 Å². The standard InChI is InChI=1S/C17H23ClN2O/c1-13(2)7-10-21-11-9-19-12-14-5-6-16(18)15-4-3-8-20-17(14)15/h3-6,8,13,19H,7,9-12H2,1-2H3. The summed E-state index contributed by atoms with van der Waals surface area (Å²) in [7, 11) is 0. The second kappa shape index (κ2) is 8.32. The fourth-order valence-corrected chi connectivity index (χ4v) is 2.34. The molecule has 0 spiro atoms. The van der Waals surface area contributed by atoms with Crippen molar-refractivity contribution in [3.8, 4) is 0 Å². The van der Waals surface area contributed by atoms with Crippen LogP contribution < -0.4 is 5.32 Å². The Hall–Kier alpha value is -1.16. The van der Waals surface area contributed by atoms with Crippen molar-refractivity contribution in [2.45, 2.75) is 26.8 Å². The van der Waals surface area contributed by atoms with Crippen LogP contribution in [-0.4, -0.2) is 24.7 Å². The van der Waals surface area contributed by atoms with Crippen LogP contribution in [0.1, 0.15) is 25.8 Å². The average molecular weight is 307 g/mol. The van der Waals surface area contributed by atoms with E-state index in [-0.39, 0.29) is 0 Å². The molecular formula is C17H23ClN2O. The van der Waals surface area contributed by atoms with E-state index in [1.165, 1.54) is 0 Å². The van der Waals surface area contributed by atoms with Crippen LogP contribution in [0.2, 0.25) is 5.02 Å². The van der Waals surface area contributed by atoms with E-state index < -0.39 is 0 Å². The molecule has 1 aromatic carbocycles. The molecule has 0 saturated heterocycles. The highest BCUT2D eigenvalue weighted by atomic mass is 35.5. The molecule has 0 saturated carbocycles. The smallest absolute Gasteiger partial charge is 0.0761 e. The van der Waals surface area contributed by atoms with Gasteiger partial charge in [-0.2, -0.15) is 0 Å². The fourth-order valence-electron chi connectivity index (χ4n) is 2.13. The SMILES string of the molecule is CC(C)CCOCCNCc1ccc(Cl)c2cccnc12. The van der Waals surface area contributed by atoms with Crippen LogP contribution in [-0.2, 0) is 11.3 Å². The van der Waals surface area contributed by atoms with Crippen molar-refractivity contribution in [2.75, 3.05) is 19.8 Å². The number of benzene rings is 1. The second-order valence-electron chi connectivity index (χ2n) is 5.58. The van der Waals surface area contributed by atoms with E-state index in [9.17, 15) is 0 Å². The van der Waals surface area contributed by atoms with Gasteiger partial charge in [0, 0.05) is 36.3 Å². The van der Waals surface area contributed by atoms with Gasteiger partial charge < -0.3 is 10.1 Å². The van der Waals surface area contributed by atoms with Crippen LogP contribution in [0.15, 0.2) is 30.5 Å². The van der Waals surface area contributed by atoms with Gasteiger partial charge in [0.25, 0.3) is 0 Å². The highest BCUT2D eigenvalue weighted by Gasteiger charge is 2.05. The number of rotatable bonds is 8. The fraction of sp³-hybridized carbons (Fsp3) is 0.471. The molecule has 0 unspecified atom stereocenters. The minimum atomic E-state index is 0.699. The third-order valence-corrected chi connectivity index (χ3v) is 3.71. The first-order chi connectivity index (χ1) is 10.2. The van der Waals surface area contributed by atoms with Crippen LogP contribution in [0.5, 0.6) is 0 Å². The van der Waals surface area contributed by atoms with Gasteiger partial charge in [0.05, 0.1) is 12.1 Å². The van der Waals surface area contributed by atoms with Crippen LogP contribution in [0.3, 0.4) is 0 Å². The lowest BCUT2D eigenvalue weighted by molar-refractivity contribution is 0.125. The first kappa shape index (κ1) is 16.2. The second-order valence-corrected chi connectivity index (χ2v) is 5.98. The summed E-state index contributed by atoms with van der Waals surface area (Å²) in [5.41, 5.74) is 2.13. The van der Waals surface area contributed by atoms with Gasteiger partial charge in [-0.05, 0) is 36.1 Å². The number of hydrogen-bond acceptors (Lipinski definition) is 3. The number of fused-ring (bicyclic) bond motifs is 1. The summed E-state index contributed by atoms with van der Waals surface area (Å²) >= 11 is 6.19. The molecule has 0 atom stereocenters. The number of hydrogen-bond donors (Lipinski definition) is 1. The van der Waals surface area contributed by atoms with Gasteiger partial charge in [-0.15, -0.1) is 0 Å². The topological polar surface area (TPSA) is 34.1 Å². The highest BCUT2D eigenvalue weighted by Crippen LogP contribution is 2.24. The maximum absolute atomic E-state index is 6.19. The maximum Gasteiger partial charge on any atom is 0.0761 e. The molecule has 1 heterocycles. The normalized spacial score (nSPS) is 11.4. The van der Waals surface area contributed by atoms with Crippen LogP contribution in [0, 0.1) is 5.92 Å². The summed E-state index contributed by atoms with van der Waals surface area (Å²) in [6.07, 6.45) is 2.92. The van der Waals surface area contributed by atoms with E-state index in [1.807, 2.05) is 24.3 Å². The van der Waals surface area contributed by atoms with E-state index in [0.717, 1.165) is 54.2 Å². The molecule has 0 aliphatic carbocycles. The lowest BCUT2D eigenvalue weighted by Crippen LogP contribution is -2.20. The van der Waals surface area contributed by atoms with Crippen molar-refractivity contribution < 1.29 is 4.74 Å². The first-order valence-electron chi connectivity index (χ1n) is 7.49. The summed E-state index contributed by atoms with van der Waals surface area (Å²) in [6.45, 7) is 7.62. The van der Waals surface area contributed by atoms with E-state index in [1.54, 1.807) is 6.20 Å². The molecule has 0 radical (unpaired) electrons. The number of nitrogens with zero attached hydrogens (tertiary/aromatic N) is 1. The number of nitrogens with one attached hydrogen (secondary N) is 1. The third-order valence-electron chi connectivity index (χ3n) is 3.38. The van der Waals surface area contributed by atoms with E-state index in [2.05, 4.69) is 24.1 Å². The maximum atomic E-state index is 6.19. The quantitative estimate of drug-likeness (QED) is 0.747. The molecule has 114 valence electrons. The number of pyridine rings is 1. The number of halogens is 1. The Morgan fingerprint density at radius 2 is 2.10 bits per heavy atom. The third kappa shape index (κ3) is 4.95. The van der Waals surface area contributed by atoms with Crippen LogP contribution >= 0.6 is 11.6 Å². The summed E-state index contributed by atoms with van der Waals surface area (Å²) in [5, 5.41) is 5.15. The molecule has 1 N–H and O–H groups in total. The Morgan fingerprint density at radius 1 is 1.24 bits per heavy atom. The molecule has 0 aliphatic rings. The zero-order chi connectivity index (χ0) is 15.1. The zero-order valence-corrected chi connectivity index (χ0v) is 13.5. The van der Waals surface area contributed by atoms with Crippen molar-refractivity contribution in [3.05, 3.63) is 41.0 Å². The minimum absolute atomic E-state index is 0.699. The molecule has 2 aromatic rings. The van der Waals surface area contributed by atoms with Crippen LogP contribution in [0.4, 0.5) is 0 Å². The predicted molar refractivity (Wildman–Crippen MR) is 88.7 cm³/mol. The molecular weight excluding hydrogens is 284 g/mol. The minimum Gasteiger partial charge on any atom is -0.380 e. The molecule has 3 nitrogen and oxygen atoms in total. The van der Waals surface area contributed by atoms with Gasteiger partial charge >= 0.3 is 0 Å². The molecule has 0 bridgehead atoms. The summed E-state index contributed by atoms with van der Waals surface area (Å²) in [5.74, 6) is 0.699. The van der Waals surface area contributed by atoms with Gasteiger partial charge in [-0.25, -0.2) is 0 Å². The van der Waals surface area contributed by atoms with Crippen LogP contribution in [0.25, 0.3) is 10.9 Å². The molecule has 2 rings (SSSR count). The van der Waals surface area contributed by atoms with E-state index in [4.69, 9.17) is 16.3 Å². The van der Waals surface area contributed by atoms with Crippen molar-refractivity contribution in [3.63, 3.8) is 0 Å². The summed E-state index contributed by atoms with van der Waals surface area (Å²) in [4.78, 5) is 4.43. The van der Waals surface area contributed by atoms with E-state index in [0.29, 0.717) is 5.92 Å². The van der Waals surface area contributed by atoms with Gasteiger partial charge in [0.15, 0.2) is 0 Å². The predicted octanol–water partition coefficient (Wildman–Crippen LogP) is 4.04. The first-order valence-corrected chi connectivity index (χ1v) is 7.87. The molecule has 1 aromatic heterocycles. The largest absolute Gasteiger partial charge is 0.380 e. The Labute approximate surface area is 131 Å². The summed E-state index contributed by atoms with van der Waals surface area (Å²) in [6, 6.07) is 7.88. The van der Waals surface area contributed by atoms with E-state index >= 15 is 0 Å². The highest BCUT2D eigenvalue weighted by molar-refractivity contribution is 6.35. The Balaban J connectivity index is 1.80. The van der Waals surface area contributed by atoms with Gasteiger partial charge in [-0.3, -0.25) is 4.98 Å². The summed E-state index contributed by atoms with van der Waals surface area (Å²) < 4.78 is 5.59. The van der Waals surface area contributed by atoms with Crippen molar-refractivity contribution >= 4 is 22.5 Å². The number of aromatic nitrogens is 1. The molecule has 21 heavy (non-hydrogen) atoms. The van der Waals surface area contributed by atoms with Crippen molar-refractivity contribution in [2.24, 2.45) is 5.92 Å². The van der Waals surface area contributed by atoms with Crippen molar-refractivity contribution in [1.82, 2.24) is 10.3 Å². The Morgan fingerprint density at radius 3 is 2.90 bits per heavy atom. The molecule has 0 aliphatic heterocycles. The monoisotopic (exact) mass is 306 g/mol. The van der Waals surface area contributed by atoms with Gasteiger partial charge in [0.1, 0.15) is 0 Å². The van der Waals surface area contributed by atoms with Gasteiger partial charge in [-0.1, -0.05) is 31.5 Å². The molecule has 0 fully saturated rings. The Bertz CT molecular complexity index is 572. The van der Waals surface area contributed by atoms with Crippen molar-refractivity contribution in [1.29, 1.82) is 0 Å². The Kier molecular flexibility index (Phi) is 6.43. The molecule has 4 heteroatoms. The molecule has 0 amide bonds. The zero-order valence-electron chi connectivity index (χ0n) is 12.7. The average Bonchev–Trinajstić information content (AvgIpc) is 2.48.